The molecule has 2 aliphatic carbocycles. The van der Waals surface area contributed by atoms with E-state index in [1.807, 2.05) is 6.92 Å². The number of carboxylic acids is 1. The first kappa shape index (κ1) is 29.4. The largest absolute Gasteiger partial charge is 0.482 e. The lowest BCUT2D eigenvalue weighted by Gasteiger charge is -2.29. The quantitative estimate of drug-likeness (QED) is 0.191. The number of aromatic nitrogens is 3. The van der Waals surface area contributed by atoms with E-state index < -0.39 is 24.4 Å². The summed E-state index contributed by atoms with van der Waals surface area (Å²) in [7, 11) is 0. The van der Waals surface area contributed by atoms with Gasteiger partial charge in [0.15, 0.2) is 18.1 Å². The number of halogens is 4. The van der Waals surface area contributed by atoms with Crippen LogP contribution in [0, 0.1) is 12.8 Å². The van der Waals surface area contributed by atoms with E-state index in [-0.39, 0.29) is 16.2 Å². The van der Waals surface area contributed by atoms with Crippen molar-refractivity contribution >= 4 is 23.3 Å². The van der Waals surface area contributed by atoms with Crippen LogP contribution in [0.4, 0.5) is 18.9 Å². The van der Waals surface area contributed by atoms with Gasteiger partial charge in [0.2, 0.25) is 5.89 Å². The van der Waals surface area contributed by atoms with Crippen LogP contribution in [0.2, 0.25) is 5.02 Å². The van der Waals surface area contributed by atoms with Crippen LogP contribution in [0.5, 0.6) is 5.75 Å². The summed E-state index contributed by atoms with van der Waals surface area (Å²) < 4.78 is 45.1. The Morgan fingerprint density at radius 2 is 1.93 bits per heavy atom. The molecule has 0 bridgehead atoms. The zero-order valence-corrected chi connectivity index (χ0v) is 23.6. The Kier molecular flexibility index (Phi) is 7.89. The molecular weight excluding hydrogens is 573 g/mol. The van der Waals surface area contributed by atoms with E-state index in [2.05, 4.69) is 63.2 Å². The molecule has 220 valence electrons. The molecule has 0 unspecified atom stereocenters. The molecule has 1 saturated carbocycles. The van der Waals surface area contributed by atoms with Crippen molar-refractivity contribution in [2.45, 2.75) is 51.1 Å². The molecule has 1 atom stereocenters. The minimum absolute atomic E-state index is 0.186. The molecule has 8 nitrogen and oxygen atoms in total. The normalized spacial score (nSPS) is 15.2. The maximum Gasteiger partial charge on any atom is 0.422 e. The van der Waals surface area contributed by atoms with Gasteiger partial charge in [-0.3, -0.25) is 0 Å². The highest BCUT2D eigenvalue weighted by atomic mass is 35.5. The molecule has 1 fully saturated rings. The van der Waals surface area contributed by atoms with Crippen molar-refractivity contribution < 1.29 is 32.3 Å². The number of aryl methyl sites for hydroxylation is 1. The molecule has 0 radical (unpaired) electrons. The molecule has 2 heterocycles. The van der Waals surface area contributed by atoms with E-state index in [4.69, 9.17) is 27.0 Å². The Bertz CT molecular complexity index is 1640. The van der Waals surface area contributed by atoms with E-state index >= 15 is 0 Å². The van der Waals surface area contributed by atoms with Gasteiger partial charge in [0, 0.05) is 25.1 Å². The average molecular weight is 601 g/mol. The fourth-order valence-electron chi connectivity index (χ4n) is 5.27. The predicted octanol–water partition coefficient (Wildman–Crippen LogP) is 7.01. The predicted molar refractivity (Wildman–Crippen MR) is 150 cm³/mol. The smallest absolute Gasteiger partial charge is 0.422 e. The fraction of sp³-hybridized carbons (Fsp3) is 0.333. The number of benzene rings is 2. The molecule has 2 aromatic heterocycles. The molecular formula is C30H28ClF3N4O4. The van der Waals surface area contributed by atoms with Gasteiger partial charge in [-0.1, -0.05) is 66.0 Å². The van der Waals surface area contributed by atoms with Gasteiger partial charge in [-0.05, 0) is 47.1 Å². The van der Waals surface area contributed by atoms with Crippen molar-refractivity contribution in [2.75, 3.05) is 12.3 Å². The lowest BCUT2D eigenvalue weighted by Crippen LogP contribution is -2.28. The number of nitrogens with two attached hydrogens (primary N) is 1. The van der Waals surface area contributed by atoms with Crippen LogP contribution in [0.15, 0.2) is 53.2 Å². The second kappa shape index (κ2) is 11.3. The van der Waals surface area contributed by atoms with E-state index in [0.717, 1.165) is 48.1 Å². The standard InChI is InChI=1S/C22H23N3O.C8H5ClF3NO3/c1-13-24-21(25-26-13)22(2,12-14-7-8-14)19-10-9-17-16-6-4-3-5-15(16)11-18(17)20(19)23;9-4-2-13-5(7(14)15)1-6(4)16-3-8(10,11)12/h3-6,9-10,14H,7-8,11-12,23H2,1-2H3;1-2H,3H2,(H,14,15)/t22-;/m0./s1. The zero-order valence-electron chi connectivity index (χ0n) is 22.8. The molecule has 0 amide bonds. The first-order chi connectivity index (χ1) is 19.9. The third-order valence-corrected chi connectivity index (χ3v) is 7.76. The second-order valence-electron chi connectivity index (χ2n) is 10.7. The summed E-state index contributed by atoms with van der Waals surface area (Å²) in [6.07, 6.45) is 0.871. The number of carbonyl (C=O) groups is 1. The maximum atomic E-state index is 11.8. The monoisotopic (exact) mass is 600 g/mol. The number of carboxylic acid groups (broad SMARTS) is 1. The number of fused-ring (bicyclic) bond motifs is 3. The molecule has 12 heteroatoms. The SMILES string of the molecule is Cc1nc([C@@](C)(CC2CC2)c2ccc3c(c2N)Cc2ccccc2-3)no1.O=C(O)c1cc(OCC(F)(F)F)c(Cl)cn1. The van der Waals surface area contributed by atoms with Gasteiger partial charge in [-0.2, -0.15) is 18.2 Å². The highest BCUT2D eigenvalue weighted by molar-refractivity contribution is 6.32. The lowest BCUT2D eigenvalue weighted by atomic mass is 9.75. The Balaban J connectivity index is 0.000000191. The van der Waals surface area contributed by atoms with Crippen molar-refractivity contribution in [1.82, 2.24) is 15.1 Å². The van der Waals surface area contributed by atoms with E-state index in [1.54, 1.807) is 0 Å². The van der Waals surface area contributed by atoms with Crippen LogP contribution in [0.1, 0.15) is 65.1 Å². The molecule has 2 aromatic carbocycles. The summed E-state index contributed by atoms with van der Waals surface area (Å²) in [5.41, 5.74) is 13.2. The fourth-order valence-corrected chi connectivity index (χ4v) is 5.43. The van der Waals surface area contributed by atoms with Gasteiger partial charge < -0.3 is 20.1 Å². The highest BCUT2D eigenvalue weighted by Gasteiger charge is 2.41. The molecule has 0 aliphatic heterocycles. The van der Waals surface area contributed by atoms with E-state index in [1.165, 1.54) is 35.1 Å². The Morgan fingerprint density at radius 1 is 1.19 bits per heavy atom. The van der Waals surface area contributed by atoms with Crippen LogP contribution >= 0.6 is 11.6 Å². The van der Waals surface area contributed by atoms with Crippen LogP contribution in [-0.2, 0) is 11.8 Å². The van der Waals surface area contributed by atoms with Crippen molar-refractivity contribution in [3.63, 3.8) is 0 Å². The number of pyridine rings is 1. The number of anilines is 1. The summed E-state index contributed by atoms with van der Waals surface area (Å²) in [6.45, 7) is 2.52. The number of nitrogen functional groups attached to an aromatic ring is 1. The number of aromatic carboxylic acids is 1. The number of hydrogen-bond acceptors (Lipinski definition) is 7. The molecule has 6 rings (SSSR count). The van der Waals surface area contributed by atoms with Gasteiger partial charge in [-0.15, -0.1) is 0 Å². The zero-order chi connectivity index (χ0) is 30.2. The third kappa shape index (κ3) is 6.20. The lowest BCUT2D eigenvalue weighted by molar-refractivity contribution is -0.153. The molecule has 2 aliphatic rings. The van der Waals surface area contributed by atoms with Crippen molar-refractivity contribution in [3.05, 3.63) is 87.8 Å². The van der Waals surface area contributed by atoms with E-state index in [0.29, 0.717) is 5.89 Å². The summed E-state index contributed by atoms with van der Waals surface area (Å²) >= 11 is 5.48. The van der Waals surface area contributed by atoms with Gasteiger partial charge in [-0.25, -0.2) is 9.78 Å². The average Bonchev–Trinajstić information content (AvgIpc) is 3.49. The molecule has 3 N–H and O–H groups in total. The minimum Gasteiger partial charge on any atom is -0.482 e. The number of hydrogen-bond donors (Lipinski definition) is 2. The topological polar surface area (TPSA) is 124 Å². The first-order valence-corrected chi connectivity index (χ1v) is 13.6. The van der Waals surface area contributed by atoms with Gasteiger partial charge in [0.05, 0.1) is 11.6 Å². The summed E-state index contributed by atoms with van der Waals surface area (Å²) in [5.74, 6) is 0.335. The Hall–Kier alpha value is -4.12. The number of ether oxygens (including phenoxy) is 1. The number of rotatable bonds is 7. The highest BCUT2D eigenvalue weighted by Crippen LogP contribution is 2.49. The summed E-state index contributed by atoms with van der Waals surface area (Å²) in [5, 5.41) is 12.6. The van der Waals surface area contributed by atoms with Crippen LogP contribution < -0.4 is 10.5 Å². The molecule has 0 spiro atoms. The number of alkyl halides is 3. The van der Waals surface area contributed by atoms with Gasteiger partial charge in [0.1, 0.15) is 10.8 Å². The Morgan fingerprint density at radius 3 is 2.57 bits per heavy atom. The summed E-state index contributed by atoms with van der Waals surface area (Å²) in [4.78, 5) is 18.5. The van der Waals surface area contributed by atoms with Crippen LogP contribution in [0.25, 0.3) is 11.1 Å². The van der Waals surface area contributed by atoms with Crippen molar-refractivity contribution in [2.24, 2.45) is 5.92 Å². The third-order valence-electron chi connectivity index (χ3n) is 7.47. The first-order valence-electron chi connectivity index (χ1n) is 13.2. The molecule has 42 heavy (non-hydrogen) atoms. The van der Waals surface area contributed by atoms with Crippen molar-refractivity contribution in [3.8, 4) is 16.9 Å². The van der Waals surface area contributed by atoms with Crippen LogP contribution in [-0.4, -0.2) is 39.0 Å². The van der Waals surface area contributed by atoms with Gasteiger partial charge in [0.25, 0.3) is 0 Å². The molecule has 0 saturated heterocycles. The Labute approximate surface area is 244 Å². The second-order valence-corrected chi connectivity index (χ2v) is 11.1. The van der Waals surface area contributed by atoms with Crippen molar-refractivity contribution in [1.29, 1.82) is 0 Å². The van der Waals surface area contributed by atoms with Crippen LogP contribution in [0.3, 0.4) is 0 Å². The van der Waals surface area contributed by atoms with E-state index in [9.17, 15) is 18.0 Å². The van der Waals surface area contributed by atoms with Gasteiger partial charge >= 0.3 is 12.1 Å². The summed E-state index contributed by atoms with van der Waals surface area (Å²) in [6, 6.07) is 13.8. The molecule has 4 aromatic rings. The maximum absolute atomic E-state index is 11.8. The number of nitrogens with zero attached hydrogens (tertiary/aromatic N) is 3. The minimum atomic E-state index is -4.52.